The lowest BCUT2D eigenvalue weighted by atomic mass is 10.1. The number of rotatable bonds is 2. The fraction of sp³-hybridized carbons (Fsp3) is 0.250. The molecule has 0 aliphatic rings. The van der Waals surface area contributed by atoms with Crippen LogP contribution in [0, 0.1) is 11.8 Å². The summed E-state index contributed by atoms with van der Waals surface area (Å²) in [5.41, 5.74) is 3.74. The van der Waals surface area contributed by atoms with Gasteiger partial charge in [0.05, 0.1) is 5.56 Å². The Morgan fingerprint density at radius 1 is 1.44 bits per heavy atom. The number of aliphatic hydroxyl groups is 1. The molecule has 0 aliphatic heterocycles. The van der Waals surface area contributed by atoms with Crippen LogP contribution in [0.15, 0.2) is 24.3 Å². The highest BCUT2D eigenvalue weighted by molar-refractivity contribution is 5.96. The first-order valence-electron chi connectivity index (χ1n) is 4.82. The molecule has 1 amide bonds. The van der Waals surface area contributed by atoms with Crippen molar-refractivity contribution < 1.29 is 9.90 Å². The monoisotopic (exact) mass is 218 g/mol. The first-order chi connectivity index (χ1) is 7.65. The lowest BCUT2D eigenvalue weighted by Gasteiger charge is -2.12. The number of hydrogen-bond donors (Lipinski definition) is 2. The number of benzene rings is 1. The molecule has 0 aromatic heterocycles. The van der Waals surface area contributed by atoms with Gasteiger partial charge < -0.3 is 5.11 Å². The van der Waals surface area contributed by atoms with Crippen LogP contribution in [0.25, 0.3) is 0 Å². The van der Waals surface area contributed by atoms with Crippen LogP contribution in [0.4, 0.5) is 0 Å². The first-order valence-corrected chi connectivity index (χ1v) is 4.82. The molecule has 0 spiro atoms. The van der Waals surface area contributed by atoms with E-state index in [-0.39, 0.29) is 12.5 Å². The van der Waals surface area contributed by atoms with Crippen LogP contribution < -0.4 is 5.43 Å². The van der Waals surface area contributed by atoms with Gasteiger partial charge in [0.15, 0.2) is 0 Å². The number of carbonyl (C=O) groups is 1. The van der Waals surface area contributed by atoms with E-state index in [2.05, 4.69) is 17.3 Å². The Morgan fingerprint density at radius 2 is 2.12 bits per heavy atom. The quantitative estimate of drug-likeness (QED) is 0.552. The number of amides is 1. The summed E-state index contributed by atoms with van der Waals surface area (Å²) in [4.78, 5) is 11.8. The summed E-state index contributed by atoms with van der Waals surface area (Å²) < 4.78 is 0. The fourth-order valence-electron chi connectivity index (χ4n) is 1.19. The predicted octanol–water partition coefficient (Wildman–Crippen LogP) is 0.237. The number of carbonyl (C=O) groups excluding carboxylic acids is 1. The Hall–Kier alpha value is -1.83. The number of hydrazine groups is 1. The Labute approximate surface area is 94.9 Å². The molecule has 4 nitrogen and oxygen atoms in total. The molecule has 0 saturated heterocycles. The summed E-state index contributed by atoms with van der Waals surface area (Å²) in [7, 11) is 3.47. The van der Waals surface area contributed by atoms with E-state index in [1.54, 1.807) is 43.4 Å². The topological polar surface area (TPSA) is 52.6 Å². The zero-order chi connectivity index (χ0) is 12.0. The van der Waals surface area contributed by atoms with Crippen LogP contribution in [-0.4, -0.2) is 36.7 Å². The van der Waals surface area contributed by atoms with Gasteiger partial charge in [-0.15, -0.1) is 0 Å². The van der Waals surface area contributed by atoms with Crippen molar-refractivity contribution in [1.29, 1.82) is 0 Å². The van der Waals surface area contributed by atoms with Crippen LogP contribution in [0.2, 0.25) is 0 Å². The van der Waals surface area contributed by atoms with Gasteiger partial charge in [0.2, 0.25) is 0 Å². The molecule has 0 saturated carbocycles. The Morgan fingerprint density at radius 3 is 2.75 bits per heavy atom. The minimum atomic E-state index is -0.219. The van der Waals surface area contributed by atoms with Gasteiger partial charge in [-0.05, 0) is 12.1 Å². The maximum absolute atomic E-state index is 11.8. The number of aliphatic hydroxyl groups excluding tert-OH is 1. The zero-order valence-electron chi connectivity index (χ0n) is 9.32. The van der Waals surface area contributed by atoms with Crippen molar-refractivity contribution in [2.45, 2.75) is 0 Å². The minimum Gasteiger partial charge on any atom is -0.384 e. The highest BCUT2D eigenvalue weighted by Crippen LogP contribution is 2.06. The predicted molar refractivity (Wildman–Crippen MR) is 61.6 cm³/mol. The van der Waals surface area contributed by atoms with E-state index in [1.165, 1.54) is 0 Å². The van der Waals surface area contributed by atoms with Gasteiger partial charge in [0, 0.05) is 19.7 Å². The Kier molecular flexibility index (Phi) is 4.52. The third-order valence-electron chi connectivity index (χ3n) is 1.80. The lowest BCUT2D eigenvalue weighted by molar-refractivity contribution is 0.0856. The molecule has 84 valence electrons. The molecule has 0 bridgehead atoms. The van der Waals surface area contributed by atoms with E-state index in [1.807, 2.05) is 0 Å². The normalized spacial score (nSPS) is 9.50. The number of hydrogen-bond acceptors (Lipinski definition) is 3. The molecule has 1 aromatic carbocycles. The van der Waals surface area contributed by atoms with E-state index in [4.69, 9.17) is 5.11 Å². The van der Waals surface area contributed by atoms with Crippen molar-refractivity contribution in [1.82, 2.24) is 10.4 Å². The second kappa shape index (κ2) is 5.91. The highest BCUT2D eigenvalue weighted by Gasteiger charge is 2.09. The van der Waals surface area contributed by atoms with Crippen LogP contribution >= 0.6 is 0 Å². The van der Waals surface area contributed by atoms with Crippen molar-refractivity contribution in [3.63, 3.8) is 0 Å². The van der Waals surface area contributed by atoms with E-state index in [0.717, 1.165) is 0 Å². The van der Waals surface area contributed by atoms with Crippen molar-refractivity contribution in [3.8, 4) is 11.8 Å². The Bertz CT molecular complexity index is 430. The zero-order valence-corrected chi connectivity index (χ0v) is 9.32. The maximum atomic E-state index is 11.8. The SMILES string of the molecule is CN(C)NC(=O)c1ccccc1C#CCO. The standard InChI is InChI=1S/C12H14N2O2/c1-14(2)13-12(16)11-8-4-3-6-10(11)7-5-9-15/h3-4,6,8,15H,9H2,1-2H3,(H,13,16). The van der Waals surface area contributed by atoms with Gasteiger partial charge in [-0.1, -0.05) is 24.0 Å². The van der Waals surface area contributed by atoms with Gasteiger partial charge in [-0.3, -0.25) is 10.2 Å². The third-order valence-corrected chi connectivity index (χ3v) is 1.80. The largest absolute Gasteiger partial charge is 0.384 e. The smallest absolute Gasteiger partial charge is 0.266 e. The summed E-state index contributed by atoms with van der Waals surface area (Å²) >= 11 is 0. The van der Waals surface area contributed by atoms with E-state index in [0.29, 0.717) is 11.1 Å². The molecule has 0 radical (unpaired) electrons. The molecule has 0 fully saturated rings. The second-order valence-electron chi connectivity index (χ2n) is 3.34. The van der Waals surface area contributed by atoms with E-state index >= 15 is 0 Å². The molecular weight excluding hydrogens is 204 g/mol. The molecule has 0 unspecified atom stereocenters. The summed E-state index contributed by atoms with van der Waals surface area (Å²) in [6.45, 7) is -0.219. The summed E-state index contributed by atoms with van der Waals surface area (Å²) in [6, 6.07) is 7.01. The molecular formula is C12H14N2O2. The molecule has 4 heteroatoms. The molecule has 16 heavy (non-hydrogen) atoms. The molecule has 0 atom stereocenters. The van der Waals surface area contributed by atoms with Gasteiger partial charge in [-0.25, -0.2) is 5.01 Å². The van der Waals surface area contributed by atoms with Crippen molar-refractivity contribution >= 4 is 5.91 Å². The molecule has 0 aliphatic carbocycles. The van der Waals surface area contributed by atoms with Crippen LogP contribution in [0.5, 0.6) is 0 Å². The van der Waals surface area contributed by atoms with Crippen LogP contribution in [-0.2, 0) is 0 Å². The minimum absolute atomic E-state index is 0.215. The van der Waals surface area contributed by atoms with E-state index < -0.39 is 0 Å². The Balaban J connectivity index is 2.98. The summed E-state index contributed by atoms with van der Waals surface area (Å²) in [5, 5.41) is 10.2. The van der Waals surface area contributed by atoms with Crippen LogP contribution in [0.3, 0.4) is 0 Å². The van der Waals surface area contributed by atoms with Crippen molar-refractivity contribution in [3.05, 3.63) is 35.4 Å². The molecule has 1 rings (SSSR count). The van der Waals surface area contributed by atoms with Crippen molar-refractivity contribution in [2.75, 3.05) is 20.7 Å². The molecule has 1 aromatic rings. The third kappa shape index (κ3) is 3.39. The number of nitrogens with one attached hydrogen (secondary N) is 1. The second-order valence-corrected chi connectivity index (χ2v) is 3.34. The van der Waals surface area contributed by atoms with E-state index in [9.17, 15) is 4.79 Å². The number of nitrogens with zero attached hydrogens (tertiary/aromatic N) is 1. The fourth-order valence-corrected chi connectivity index (χ4v) is 1.19. The summed E-state index contributed by atoms with van der Waals surface area (Å²) in [5.74, 6) is 5.05. The maximum Gasteiger partial charge on any atom is 0.266 e. The summed E-state index contributed by atoms with van der Waals surface area (Å²) in [6.07, 6.45) is 0. The van der Waals surface area contributed by atoms with Crippen LogP contribution in [0.1, 0.15) is 15.9 Å². The van der Waals surface area contributed by atoms with Gasteiger partial charge in [-0.2, -0.15) is 0 Å². The highest BCUT2D eigenvalue weighted by atomic mass is 16.2. The van der Waals surface area contributed by atoms with Gasteiger partial charge >= 0.3 is 0 Å². The average Bonchev–Trinajstić information content (AvgIpc) is 2.25. The lowest BCUT2D eigenvalue weighted by Crippen LogP contribution is -2.36. The average molecular weight is 218 g/mol. The van der Waals surface area contributed by atoms with Gasteiger partial charge in [0.25, 0.3) is 5.91 Å². The van der Waals surface area contributed by atoms with Gasteiger partial charge in [0.1, 0.15) is 6.61 Å². The van der Waals surface area contributed by atoms with Crippen molar-refractivity contribution in [2.24, 2.45) is 0 Å². The molecule has 2 N–H and O–H groups in total. The molecule has 0 heterocycles. The first kappa shape index (κ1) is 12.2.